The van der Waals surface area contributed by atoms with Crippen LogP contribution in [-0.4, -0.2) is 6.54 Å². The fourth-order valence-corrected chi connectivity index (χ4v) is 2.13. The topological polar surface area (TPSA) is 38.0 Å². The largest absolute Gasteiger partial charge is 0.271 e. The summed E-state index contributed by atoms with van der Waals surface area (Å²) in [6, 6.07) is 0. The molecular weight excluding hydrogens is 172 g/mol. The van der Waals surface area contributed by atoms with Gasteiger partial charge in [0.1, 0.15) is 0 Å². The lowest BCUT2D eigenvalue weighted by Crippen LogP contribution is -2.29. The van der Waals surface area contributed by atoms with Crippen molar-refractivity contribution in [3.63, 3.8) is 0 Å². The summed E-state index contributed by atoms with van der Waals surface area (Å²) < 4.78 is 0. The summed E-state index contributed by atoms with van der Waals surface area (Å²) in [6.45, 7) is 11.6. The minimum Gasteiger partial charge on any atom is -0.271 e. The van der Waals surface area contributed by atoms with E-state index in [2.05, 4.69) is 32.8 Å². The van der Waals surface area contributed by atoms with Gasteiger partial charge in [-0.25, -0.2) is 0 Å². The summed E-state index contributed by atoms with van der Waals surface area (Å²) in [5, 5.41) is 0. The van der Waals surface area contributed by atoms with Gasteiger partial charge in [-0.1, -0.05) is 33.3 Å². The smallest absolute Gasteiger partial charge is 0.0123 e. The molecule has 0 aliphatic carbocycles. The van der Waals surface area contributed by atoms with Gasteiger partial charge < -0.3 is 0 Å². The SMILES string of the molecule is C=CCC(CC)C(C)CC(C)CNN. The van der Waals surface area contributed by atoms with Crippen molar-refractivity contribution in [1.29, 1.82) is 0 Å². The van der Waals surface area contributed by atoms with Gasteiger partial charge in [0.15, 0.2) is 0 Å². The van der Waals surface area contributed by atoms with E-state index < -0.39 is 0 Å². The second-order valence-electron chi connectivity index (χ2n) is 4.42. The average Bonchev–Trinajstić information content (AvgIpc) is 2.14. The maximum absolute atomic E-state index is 5.31. The highest BCUT2D eigenvalue weighted by atomic mass is 15.2. The van der Waals surface area contributed by atoms with E-state index in [4.69, 9.17) is 5.84 Å². The van der Waals surface area contributed by atoms with Crippen LogP contribution in [0.5, 0.6) is 0 Å². The molecule has 0 rings (SSSR count). The highest BCUT2D eigenvalue weighted by Gasteiger charge is 2.16. The van der Waals surface area contributed by atoms with Gasteiger partial charge in [0.25, 0.3) is 0 Å². The lowest BCUT2D eigenvalue weighted by atomic mass is 9.83. The van der Waals surface area contributed by atoms with Crippen LogP contribution in [0.2, 0.25) is 0 Å². The van der Waals surface area contributed by atoms with Gasteiger partial charge in [-0.15, -0.1) is 6.58 Å². The van der Waals surface area contributed by atoms with E-state index in [-0.39, 0.29) is 0 Å². The molecule has 0 heterocycles. The predicted molar refractivity (Wildman–Crippen MR) is 63.7 cm³/mol. The summed E-state index contributed by atoms with van der Waals surface area (Å²) in [5.41, 5.74) is 2.74. The van der Waals surface area contributed by atoms with Crippen LogP contribution in [0.3, 0.4) is 0 Å². The molecule has 0 radical (unpaired) electrons. The fraction of sp³-hybridized carbons (Fsp3) is 0.833. The first-order chi connectivity index (χ1) is 6.65. The van der Waals surface area contributed by atoms with E-state index in [1.54, 1.807) is 0 Å². The summed E-state index contributed by atoms with van der Waals surface area (Å²) in [7, 11) is 0. The molecule has 0 spiro atoms. The molecule has 0 bridgehead atoms. The zero-order chi connectivity index (χ0) is 11.0. The molecule has 2 nitrogen and oxygen atoms in total. The Bertz CT molecular complexity index is 145. The van der Waals surface area contributed by atoms with Crippen molar-refractivity contribution in [1.82, 2.24) is 5.43 Å². The van der Waals surface area contributed by atoms with Crippen LogP contribution in [-0.2, 0) is 0 Å². The summed E-state index contributed by atoms with van der Waals surface area (Å²) in [4.78, 5) is 0. The van der Waals surface area contributed by atoms with Gasteiger partial charge in [0, 0.05) is 6.54 Å². The standard InChI is InChI=1S/C12H26N2/c1-5-7-12(6-2)11(4)8-10(3)9-14-13/h5,10-12,14H,1,6-9,13H2,2-4H3. The van der Waals surface area contributed by atoms with Crippen molar-refractivity contribution < 1.29 is 0 Å². The zero-order valence-corrected chi connectivity index (χ0v) is 9.92. The fourth-order valence-electron chi connectivity index (χ4n) is 2.13. The second kappa shape index (κ2) is 8.01. The first-order valence-corrected chi connectivity index (χ1v) is 5.70. The molecule has 14 heavy (non-hydrogen) atoms. The molecule has 0 amide bonds. The Balaban J connectivity index is 3.89. The van der Waals surface area contributed by atoms with Crippen molar-refractivity contribution in [3.05, 3.63) is 12.7 Å². The lowest BCUT2D eigenvalue weighted by molar-refractivity contribution is 0.285. The van der Waals surface area contributed by atoms with Crippen molar-refractivity contribution in [2.24, 2.45) is 23.6 Å². The van der Waals surface area contributed by atoms with E-state index >= 15 is 0 Å². The molecule has 0 saturated heterocycles. The zero-order valence-electron chi connectivity index (χ0n) is 9.92. The molecule has 0 aliphatic rings. The van der Waals surface area contributed by atoms with Gasteiger partial charge in [0.05, 0.1) is 0 Å². The molecule has 0 saturated carbocycles. The van der Waals surface area contributed by atoms with E-state index in [0.29, 0.717) is 5.92 Å². The Morgan fingerprint density at radius 2 is 2.07 bits per heavy atom. The number of allylic oxidation sites excluding steroid dienone is 1. The van der Waals surface area contributed by atoms with Crippen LogP contribution in [0.4, 0.5) is 0 Å². The van der Waals surface area contributed by atoms with Gasteiger partial charge in [0.2, 0.25) is 0 Å². The Labute approximate surface area is 88.9 Å². The molecule has 0 aliphatic heterocycles. The van der Waals surface area contributed by atoms with Crippen LogP contribution < -0.4 is 11.3 Å². The molecule has 0 aromatic rings. The molecule has 3 unspecified atom stereocenters. The third kappa shape index (κ3) is 5.40. The Morgan fingerprint density at radius 1 is 1.43 bits per heavy atom. The van der Waals surface area contributed by atoms with E-state index in [1.165, 1.54) is 12.8 Å². The Kier molecular flexibility index (Phi) is 7.81. The van der Waals surface area contributed by atoms with Crippen LogP contribution in [0, 0.1) is 17.8 Å². The van der Waals surface area contributed by atoms with Gasteiger partial charge in [-0.3, -0.25) is 11.3 Å². The van der Waals surface area contributed by atoms with Crippen molar-refractivity contribution in [2.75, 3.05) is 6.54 Å². The van der Waals surface area contributed by atoms with Crippen LogP contribution in [0.15, 0.2) is 12.7 Å². The quantitative estimate of drug-likeness (QED) is 0.357. The van der Waals surface area contributed by atoms with E-state index in [0.717, 1.165) is 24.8 Å². The molecular formula is C12H26N2. The molecule has 2 heteroatoms. The molecule has 3 atom stereocenters. The summed E-state index contributed by atoms with van der Waals surface area (Å²) in [6.07, 6.45) is 5.67. The Hall–Kier alpha value is -0.340. The molecule has 3 N–H and O–H groups in total. The molecule has 0 aromatic carbocycles. The van der Waals surface area contributed by atoms with Crippen molar-refractivity contribution in [3.8, 4) is 0 Å². The van der Waals surface area contributed by atoms with Crippen LogP contribution >= 0.6 is 0 Å². The molecule has 0 aromatic heterocycles. The van der Waals surface area contributed by atoms with Crippen molar-refractivity contribution >= 4 is 0 Å². The minimum absolute atomic E-state index is 0.661. The second-order valence-corrected chi connectivity index (χ2v) is 4.42. The van der Waals surface area contributed by atoms with Crippen LogP contribution in [0.1, 0.15) is 40.0 Å². The predicted octanol–water partition coefficient (Wildman–Crippen LogP) is 2.71. The maximum atomic E-state index is 5.31. The summed E-state index contributed by atoms with van der Waals surface area (Å²) >= 11 is 0. The molecule has 0 fully saturated rings. The van der Waals surface area contributed by atoms with Crippen molar-refractivity contribution in [2.45, 2.75) is 40.0 Å². The number of nitrogens with one attached hydrogen (secondary N) is 1. The first kappa shape index (κ1) is 13.7. The molecule has 84 valence electrons. The minimum atomic E-state index is 0.661. The van der Waals surface area contributed by atoms with Gasteiger partial charge in [-0.05, 0) is 30.6 Å². The lowest BCUT2D eigenvalue weighted by Gasteiger charge is -2.24. The monoisotopic (exact) mass is 198 g/mol. The maximum Gasteiger partial charge on any atom is 0.0123 e. The number of nitrogens with two attached hydrogens (primary N) is 1. The third-order valence-electron chi connectivity index (χ3n) is 3.04. The summed E-state index contributed by atoms with van der Waals surface area (Å²) in [5.74, 6) is 7.52. The van der Waals surface area contributed by atoms with Gasteiger partial charge in [-0.2, -0.15) is 0 Å². The Morgan fingerprint density at radius 3 is 2.50 bits per heavy atom. The van der Waals surface area contributed by atoms with Gasteiger partial charge >= 0.3 is 0 Å². The number of hydrogen-bond acceptors (Lipinski definition) is 2. The highest BCUT2D eigenvalue weighted by molar-refractivity contribution is 4.77. The number of hydrazine groups is 1. The van der Waals surface area contributed by atoms with E-state index in [9.17, 15) is 0 Å². The first-order valence-electron chi connectivity index (χ1n) is 5.70. The average molecular weight is 198 g/mol. The number of rotatable bonds is 8. The third-order valence-corrected chi connectivity index (χ3v) is 3.04. The van der Waals surface area contributed by atoms with E-state index in [1.807, 2.05) is 6.08 Å². The highest BCUT2D eigenvalue weighted by Crippen LogP contribution is 2.25. The normalized spacial score (nSPS) is 17.4. The number of hydrogen-bond donors (Lipinski definition) is 2. The van der Waals surface area contributed by atoms with Crippen LogP contribution in [0.25, 0.3) is 0 Å².